The summed E-state index contributed by atoms with van der Waals surface area (Å²) >= 11 is 0. The Bertz CT molecular complexity index is 1100. The number of hydrogen-bond donors (Lipinski definition) is 1. The molecule has 0 saturated heterocycles. The third-order valence-electron chi connectivity index (χ3n) is 4.34. The predicted molar refractivity (Wildman–Crippen MR) is 107 cm³/mol. The third-order valence-corrected chi connectivity index (χ3v) is 6.66. The van der Waals surface area contributed by atoms with Crippen LogP contribution in [0.2, 0.25) is 0 Å². The fourth-order valence-corrected chi connectivity index (χ4v) is 4.43. The zero-order valence-electron chi connectivity index (χ0n) is 15.3. The Morgan fingerprint density at radius 2 is 1.68 bits per heavy atom. The van der Waals surface area contributed by atoms with Gasteiger partial charge in [0.1, 0.15) is 5.82 Å². The maximum atomic E-state index is 13.2. The number of benzene rings is 2. The summed E-state index contributed by atoms with van der Waals surface area (Å²) in [6.45, 7) is 1.54. The van der Waals surface area contributed by atoms with E-state index in [0.29, 0.717) is 28.9 Å². The van der Waals surface area contributed by atoms with Gasteiger partial charge in [0.15, 0.2) is 0 Å². The number of halogens is 1. The van der Waals surface area contributed by atoms with E-state index in [4.69, 9.17) is 0 Å². The molecular formula is C18H20FN3O4S2. The highest BCUT2D eigenvalue weighted by atomic mass is 32.2. The highest BCUT2D eigenvalue weighted by Gasteiger charge is 2.34. The van der Waals surface area contributed by atoms with Gasteiger partial charge in [-0.3, -0.25) is 4.72 Å². The van der Waals surface area contributed by atoms with Gasteiger partial charge in [-0.05, 0) is 42.3 Å². The van der Waals surface area contributed by atoms with Crippen molar-refractivity contribution in [3.63, 3.8) is 0 Å². The van der Waals surface area contributed by atoms with Crippen LogP contribution in [-0.4, -0.2) is 39.0 Å². The molecular weight excluding hydrogens is 405 g/mol. The van der Waals surface area contributed by atoms with E-state index in [-0.39, 0.29) is 5.75 Å². The Hall–Kier alpha value is -2.46. The van der Waals surface area contributed by atoms with Gasteiger partial charge in [-0.2, -0.15) is 9.52 Å². The molecule has 10 heteroatoms. The number of anilines is 1. The number of hydrogen-bond acceptors (Lipinski definition) is 5. The summed E-state index contributed by atoms with van der Waals surface area (Å²) < 4.78 is 64.3. The van der Waals surface area contributed by atoms with Gasteiger partial charge in [-0.25, -0.2) is 21.2 Å². The molecule has 0 aliphatic carbocycles. The molecule has 0 fully saturated rings. The molecule has 0 bridgehead atoms. The first-order chi connectivity index (χ1) is 13.1. The zero-order valence-corrected chi connectivity index (χ0v) is 17.0. The molecule has 0 saturated carbocycles. The van der Waals surface area contributed by atoms with E-state index in [2.05, 4.69) is 9.82 Å². The first-order valence-corrected chi connectivity index (χ1v) is 12.0. The number of sulfonamides is 2. The Labute approximate surface area is 164 Å². The molecule has 3 rings (SSSR count). The average molecular weight is 426 g/mol. The van der Waals surface area contributed by atoms with Crippen molar-refractivity contribution in [1.82, 2.24) is 4.41 Å². The molecule has 2 aromatic carbocycles. The standard InChI is InChI=1S/C18H20FN3O4S2/c1-3-28(25,26)21-16-10-6-13(7-11-16)17-12-18(22(20-17)27(2,23)24)14-4-8-15(19)9-5-14/h4-11,18,21H,3,12H2,1-2H3/t18-/m1/s1. The van der Waals surface area contributed by atoms with Crippen LogP contribution in [0.15, 0.2) is 53.6 Å². The minimum atomic E-state index is -3.63. The molecule has 0 spiro atoms. The summed E-state index contributed by atoms with van der Waals surface area (Å²) in [4.78, 5) is 0. The maximum absolute atomic E-state index is 13.2. The fourth-order valence-electron chi connectivity index (χ4n) is 2.88. The molecule has 28 heavy (non-hydrogen) atoms. The SMILES string of the molecule is CCS(=O)(=O)Nc1ccc(C2=NN(S(C)(=O)=O)[C@@H](c3ccc(F)cc3)C2)cc1. The van der Waals surface area contributed by atoms with Gasteiger partial charge in [-0.15, -0.1) is 0 Å². The average Bonchev–Trinajstić information content (AvgIpc) is 3.08. The number of rotatable bonds is 6. The van der Waals surface area contributed by atoms with E-state index < -0.39 is 31.9 Å². The van der Waals surface area contributed by atoms with Crippen molar-refractivity contribution in [3.05, 3.63) is 65.5 Å². The predicted octanol–water partition coefficient (Wildman–Crippen LogP) is 2.70. The quantitative estimate of drug-likeness (QED) is 0.770. The number of nitrogens with one attached hydrogen (secondary N) is 1. The van der Waals surface area contributed by atoms with Crippen LogP contribution in [0.5, 0.6) is 0 Å². The molecule has 2 aromatic rings. The monoisotopic (exact) mass is 425 g/mol. The maximum Gasteiger partial charge on any atom is 0.247 e. The number of hydrazone groups is 1. The van der Waals surface area contributed by atoms with Crippen LogP contribution in [0.25, 0.3) is 0 Å². The Balaban J connectivity index is 1.89. The van der Waals surface area contributed by atoms with Crippen LogP contribution >= 0.6 is 0 Å². The molecule has 7 nitrogen and oxygen atoms in total. The van der Waals surface area contributed by atoms with Crippen molar-refractivity contribution in [2.24, 2.45) is 5.10 Å². The molecule has 0 unspecified atom stereocenters. The van der Waals surface area contributed by atoms with E-state index in [0.717, 1.165) is 10.7 Å². The van der Waals surface area contributed by atoms with Crippen molar-refractivity contribution in [1.29, 1.82) is 0 Å². The summed E-state index contributed by atoms with van der Waals surface area (Å²) in [7, 11) is -7.01. The molecule has 1 aliphatic rings. The zero-order chi connectivity index (χ0) is 20.5. The fraction of sp³-hybridized carbons (Fsp3) is 0.278. The van der Waals surface area contributed by atoms with E-state index in [1.807, 2.05) is 0 Å². The van der Waals surface area contributed by atoms with Gasteiger partial charge in [0, 0.05) is 12.1 Å². The largest absolute Gasteiger partial charge is 0.284 e. The van der Waals surface area contributed by atoms with Gasteiger partial charge < -0.3 is 0 Å². The van der Waals surface area contributed by atoms with E-state index >= 15 is 0 Å². The molecule has 1 atom stereocenters. The summed E-state index contributed by atoms with van der Waals surface area (Å²) in [5.41, 5.74) is 2.28. The molecule has 0 amide bonds. The second-order valence-electron chi connectivity index (χ2n) is 6.44. The van der Waals surface area contributed by atoms with Crippen molar-refractivity contribution >= 4 is 31.4 Å². The second-order valence-corrected chi connectivity index (χ2v) is 10.3. The number of nitrogens with zero attached hydrogens (tertiary/aromatic N) is 2. The Kier molecular flexibility index (Phi) is 5.44. The molecule has 150 valence electrons. The molecule has 1 aliphatic heterocycles. The lowest BCUT2D eigenvalue weighted by Crippen LogP contribution is -2.25. The second kappa shape index (κ2) is 7.51. The van der Waals surface area contributed by atoms with Crippen molar-refractivity contribution in [3.8, 4) is 0 Å². The lowest BCUT2D eigenvalue weighted by atomic mass is 9.99. The van der Waals surface area contributed by atoms with Crippen LogP contribution < -0.4 is 4.72 Å². The van der Waals surface area contributed by atoms with Crippen molar-refractivity contribution in [2.45, 2.75) is 19.4 Å². The molecule has 1 N–H and O–H groups in total. The lowest BCUT2D eigenvalue weighted by molar-refractivity contribution is 0.374. The summed E-state index contributed by atoms with van der Waals surface area (Å²) in [5, 5.41) is 4.26. The third kappa shape index (κ3) is 4.50. The van der Waals surface area contributed by atoms with E-state index in [9.17, 15) is 21.2 Å². The van der Waals surface area contributed by atoms with Crippen LogP contribution in [0, 0.1) is 5.82 Å². The molecule has 1 heterocycles. The van der Waals surface area contributed by atoms with Gasteiger partial charge in [0.25, 0.3) is 0 Å². The van der Waals surface area contributed by atoms with Gasteiger partial charge in [0.2, 0.25) is 20.0 Å². The Morgan fingerprint density at radius 1 is 1.07 bits per heavy atom. The van der Waals surface area contributed by atoms with Crippen molar-refractivity contribution in [2.75, 3.05) is 16.7 Å². The normalized spacial score (nSPS) is 17.5. The van der Waals surface area contributed by atoms with Crippen molar-refractivity contribution < 1.29 is 21.2 Å². The molecule has 0 aromatic heterocycles. The smallest absolute Gasteiger partial charge is 0.247 e. The van der Waals surface area contributed by atoms with Crippen LogP contribution in [0.3, 0.4) is 0 Å². The van der Waals surface area contributed by atoms with Crippen LogP contribution in [0.1, 0.15) is 30.5 Å². The highest BCUT2D eigenvalue weighted by molar-refractivity contribution is 7.92. The topological polar surface area (TPSA) is 95.9 Å². The Morgan fingerprint density at radius 3 is 2.21 bits per heavy atom. The van der Waals surface area contributed by atoms with E-state index in [1.165, 1.54) is 12.1 Å². The highest BCUT2D eigenvalue weighted by Crippen LogP contribution is 2.34. The minimum Gasteiger partial charge on any atom is -0.284 e. The molecule has 0 radical (unpaired) electrons. The first kappa shape index (κ1) is 20.3. The van der Waals surface area contributed by atoms with Gasteiger partial charge in [-0.1, -0.05) is 24.3 Å². The summed E-state index contributed by atoms with van der Waals surface area (Å²) in [6, 6.07) is 11.6. The summed E-state index contributed by atoms with van der Waals surface area (Å²) in [6.07, 6.45) is 1.39. The minimum absolute atomic E-state index is 0.0376. The lowest BCUT2D eigenvalue weighted by Gasteiger charge is -2.21. The van der Waals surface area contributed by atoms with E-state index in [1.54, 1.807) is 43.3 Å². The summed E-state index contributed by atoms with van der Waals surface area (Å²) in [5.74, 6) is -0.441. The van der Waals surface area contributed by atoms with Crippen LogP contribution in [0.4, 0.5) is 10.1 Å². The first-order valence-electron chi connectivity index (χ1n) is 8.52. The van der Waals surface area contributed by atoms with Gasteiger partial charge >= 0.3 is 0 Å². The van der Waals surface area contributed by atoms with Gasteiger partial charge in [0.05, 0.1) is 23.8 Å². The van der Waals surface area contributed by atoms with Crippen LogP contribution in [-0.2, 0) is 20.0 Å².